The molecule has 1 aromatic rings. The molecule has 0 heterocycles. The number of aliphatic carboxylic acids is 1. The molecule has 0 radical (unpaired) electrons. The Kier molecular flexibility index (Phi) is 5.59. The molecule has 0 spiro atoms. The first kappa shape index (κ1) is 15.3. The van der Waals surface area contributed by atoms with E-state index in [1.54, 1.807) is 0 Å². The van der Waals surface area contributed by atoms with Gasteiger partial charge in [-0.25, -0.2) is 0 Å². The summed E-state index contributed by atoms with van der Waals surface area (Å²) >= 11 is 5.83. The van der Waals surface area contributed by atoms with Crippen molar-refractivity contribution >= 4 is 23.5 Å². The van der Waals surface area contributed by atoms with Crippen LogP contribution in [0.2, 0.25) is 5.02 Å². The fraction of sp³-hybridized carbons (Fsp3) is 0.333. The van der Waals surface area contributed by atoms with Crippen LogP contribution >= 0.6 is 11.6 Å². The van der Waals surface area contributed by atoms with Gasteiger partial charge in [-0.1, -0.05) is 11.6 Å². The van der Waals surface area contributed by atoms with E-state index in [1.165, 1.54) is 25.3 Å². The smallest absolute Gasteiger partial charge is 0.306 e. The molecule has 0 aliphatic carbocycles. The Balaban J connectivity index is 2.64. The molecule has 0 aliphatic rings. The van der Waals surface area contributed by atoms with Gasteiger partial charge in [-0.15, -0.1) is 0 Å². The van der Waals surface area contributed by atoms with Crippen LogP contribution in [-0.4, -0.2) is 41.8 Å². The van der Waals surface area contributed by atoms with Crippen LogP contribution in [0.15, 0.2) is 18.2 Å². The number of phenols is 1. The molecule has 104 valence electrons. The number of carbonyl (C=O) groups is 2. The van der Waals surface area contributed by atoms with Crippen LogP contribution in [0.4, 0.5) is 0 Å². The highest BCUT2D eigenvalue weighted by atomic mass is 35.5. The maximum atomic E-state index is 11.8. The molecular weight excluding hydrogens is 274 g/mol. The maximum absolute atomic E-state index is 11.8. The molecule has 19 heavy (non-hydrogen) atoms. The highest BCUT2D eigenvalue weighted by molar-refractivity contribution is 6.33. The zero-order chi connectivity index (χ0) is 14.4. The van der Waals surface area contributed by atoms with Gasteiger partial charge in [0.2, 0.25) is 0 Å². The van der Waals surface area contributed by atoms with Crippen molar-refractivity contribution in [3.8, 4) is 5.75 Å². The summed E-state index contributed by atoms with van der Waals surface area (Å²) in [6, 6.07) is 4.00. The average molecular weight is 288 g/mol. The summed E-state index contributed by atoms with van der Waals surface area (Å²) in [7, 11) is 1.36. The molecule has 0 fully saturated rings. The monoisotopic (exact) mass is 287 g/mol. The lowest BCUT2D eigenvalue weighted by molar-refractivity contribution is -0.139. The van der Waals surface area contributed by atoms with E-state index in [9.17, 15) is 14.7 Å². The fourth-order valence-corrected chi connectivity index (χ4v) is 1.63. The molecule has 7 heteroatoms. The van der Waals surface area contributed by atoms with Gasteiger partial charge in [0.25, 0.3) is 5.91 Å². The van der Waals surface area contributed by atoms with Gasteiger partial charge in [0.05, 0.1) is 23.1 Å². The predicted molar refractivity (Wildman–Crippen MR) is 68.5 cm³/mol. The number of hydrogen-bond donors (Lipinski definition) is 3. The molecule has 6 nitrogen and oxygen atoms in total. The second kappa shape index (κ2) is 6.96. The Morgan fingerprint density at radius 1 is 1.47 bits per heavy atom. The van der Waals surface area contributed by atoms with Crippen LogP contribution < -0.4 is 5.32 Å². The van der Waals surface area contributed by atoms with Crippen molar-refractivity contribution in [1.29, 1.82) is 0 Å². The summed E-state index contributed by atoms with van der Waals surface area (Å²) in [5.74, 6) is -1.60. The normalized spacial score (nSPS) is 11.9. The topological polar surface area (TPSA) is 95.9 Å². The van der Waals surface area contributed by atoms with Gasteiger partial charge in [0.15, 0.2) is 0 Å². The van der Waals surface area contributed by atoms with Crippen molar-refractivity contribution < 1.29 is 24.5 Å². The maximum Gasteiger partial charge on any atom is 0.306 e. The highest BCUT2D eigenvalue weighted by Gasteiger charge is 2.16. The summed E-state index contributed by atoms with van der Waals surface area (Å²) in [5.41, 5.74) is 0.117. The van der Waals surface area contributed by atoms with Gasteiger partial charge in [-0.3, -0.25) is 9.59 Å². The number of ether oxygens (including phenoxy) is 1. The molecule has 0 saturated heterocycles. The Morgan fingerprint density at radius 3 is 2.74 bits per heavy atom. The number of methoxy groups -OCH3 is 1. The van der Waals surface area contributed by atoms with Crippen LogP contribution in [0.3, 0.4) is 0 Å². The van der Waals surface area contributed by atoms with Gasteiger partial charge in [0, 0.05) is 13.7 Å². The summed E-state index contributed by atoms with van der Waals surface area (Å²) in [6.07, 6.45) is -0.845. The number of halogens is 1. The number of hydrogen-bond acceptors (Lipinski definition) is 4. The van der Waals surface area contributed by atoms with E-state index in [2.05, 4.69) is 5.32 Å². The molecule has 0 aliphatic heterocycles. The number of nitrogens with one attached hydrogen (secondary N) is 1. The van der Waals surface area contributed by atoms with Crippen molar-refractivity contribution in [1.82, 2.24) is 5.32 Å². The van der Waals surface area contributed by atoms with E-state index in [-0.39, 0.29) is 29.3 Å². The molecule has 1 rings (SSSR count). The number of amides is 1. The minimum absolute atomic E-state index is 0.0353. The number of aromatic hydroxyl groups is 1. The summed E-state index contributed by atoms with van der Waals surface area (Å²) in [4.78, 5) is 22.3. The first-order chi connectivity index (χ1) is 8.93. The number of phenolic OH excluding ortho intramolecular Hbond substituents is 1. The van der Waals surface area contributed by atoms with Crippen LogP contribution in [0, 0.1) is 0 Å². The Hall–Kier alpha value is -1.79. The zero-order valence-corrected chi connectivity index (χ0v) is 11.0. The SMILES string of the molecule is COC(CNC(=O)c1cc(O)ccc1Cl)CC(=O)O. The lowest BCUT2D eigenvalue weighted by atomic mass is 10.2. The first-order valence-electron chi connectivity index (χ1n) is 5.45. The van der Waals surface area contributed by atoms with Crippen molar-refractivity contribution in [3.63, 3.8) is 0 Å². The summed E-state index contributed by atoms with van der Waals surface area (Å²) in [6.45, 7) is 0.0353. The number of rotatable bonds is 6. The van der Waals surface area contributed by atoms with Crippen LogP contribution in [-0.2, 0) is 9.53 Å². The van der Waals surface area contributed by atoms with E-state index >= 15 is 0 Å². The second-order valence-electron chi connectivity index (χ2n) is 3.83. The summed E-state index contributed by atoms with van der Waals surface area (Å²) in [5, 5.41) is 20.6. The van der Waals surface area contributed by atoms with Gasteiger partial charge in [-0.2, -0.15) is 0 Å². The molecule has 3 N–H and O–H groups in total. The minimum Gasteiger partial charge on any atom is -0.508 e. The number of benzene rings is 1. The third kappa shape index (κ3) is 4.76. The van der Waals surface area contributed by atoms with E-state index in [0.717, 1.165) is 0 Å². The molecule has 1 atom stereocenters. The molecule has 1 unspecified atom stereocenters. The van der Waals surface area contributed by atoms with Gasteiger partial charge >= 0.3 is 5.97 Å². The van der Waals surface area contributed by atoms with Crippen LogP contribution in [0.5, 0.6) is 5.75 Å². The lowest BCUT2D eigenvalue weighted by Crippen LogP contribution is -2.34. The number of carboxylic acids is 1. The Morgan fingerprint density at radius 2 is 2.16 bits per heavy atom. The van der Waals surface area contributed by atoms with Crippen molar-refractivity contribution in [3.05, 3.63) is 28.8 Å². The van der Waals surface area contributed by atoms with E-state index < -0.39 is 18.0 Å². The third-order valence-electron chi connectivity index (χ3n) is 2.42. The first-order valence-corrected chi connectivity index (χ1v) is 5.83. The number of carbonyl (C=O) groups excluding carboxylic acids is 1. The van der Waals surface area contributed by atoms with Gasteiger partial charge in [0.1, 0.15) is 5.75 Å². The van der Waals surface area contributed by atoms with E-state index in [4.69, 9.17) is 21.4 Å². The Labute approximate surface area is 114 Å². The minimum atomic E-state index is -1.02. The quantitative estimate of drug-likeness (QED) is 0.732. The van der Waals surface area contributed by atoms with Crippen molar-refractivity contribution in [2.75, 3.05) is 13.7 Å². The molecule has 0 aromatic heterocycles. The molecule has 0 bridgehead atoms. The van der Waals surface area contributed by atoms with Gasteiger partial charge in [-0.05, 0) is 18.2 Å². The highest BCUT2D eigenvalue weighted by Crippen LogP contribution is 2.20. The Bertz CT molecular complexity index is 477. The van der Waals surface area contributed by atoms with Crippen LogP contribution in [0.25, 0.3) is 0 Å². The summed E-state index contributed by atoms with van der Waals surface area (Å²) < 4.78 is 4.92. The predicted octanol–water partition coefficient (Wildman–Crippen LogP) is 1.27. The van der Waals surface area contributed by atoms with Crippen LogP contribution in [0.1, 0.15) is 16.8 Å². The third-order valence-corrected chi connectivity index (χ3v) is 2.75. The largest absolute Gasteiger partial charge is 0.508 e. The second-order valence-corrected chi connectivity index (χ2v) is 4.24. The molecular formula is C12H14ClNO5. The lowest BCUT2D eigenvalue weighted by Gasteiger charge is -2.14. The van der Waals surface area contributed by atoms with Crippen molar-refractivity contribution in [2.24, 2.45) is 0 Å². The van der Waals surface area contributed by atoms with Gasteiger partial charge < -0.3 is 20.3 Å². The standard InChI is InChI=1S/C12H14ClNO5/c1-19-8(5-11(16)17)6-14-12(18)9-4-7(15)2-3-10(9)13/h2-4,8,15H,5-6H2,1H3,(H,14,18)(H,16,17). The average Bonchev–Trinajstić information content (AvgIpc) is 2.36. The number of carboxylic acid groups (broad SMARTS) is 1. The van der Waals surface area contributed by atoms with E-state index in [1.807, 2.05) is 0 Å². The van der Waals surface area contributed by atoms with E-state index in [0.29, 0.717) is 0 Å². The fourth-order valence-electron chi connectivity index (χ4n) is 1.42. The molecule has 0 saturated carbocycles. The molecule has 1 amide bonds. The van der Waals surface area contributed by atoms with Crippen molar-refractivity contribution in [2.45, 2.75) is 12.5 Å². The zero-order valence-electron chi connectivity index (χ0n) is 10.2. The molecule has 1 aromatic carbocycles.